The first-order valence-corrected chi connectivity index (χ1v) is 7.05. The SMILES string of the molecule is CC1OC[C@H]2O[C@@H](OCc3ccccc3)[C@@H]3O[C@@H]3[C@@H]2O1. The predicted molar refractivity (Wildman–Crippen MR) is 68.8 cm³/mol. The Labute approximate surface area is 117 Å². The van der Waals surface area contributed by atoms with Gasteiger partial charge in [0.15, 0.2) is 12.6 Å². The molecule has 0 bridgehead atoms. The molecule has 0 saturated carbocycles. The largest absolute Gasteiger partial charge is 0.361 e. The van der Waals surface area contributed by atoms with E-state index in [1.54, 1.807) is 0 Å². The second kappa shape index (κ2) is 5.09. The summed E-state index contributed by atoms with van der Waals surface area (Å²) in [6, 6.07) is 10.0. The van der Waals surface area contributed by atoms with Crippen LogP contribution in [-0.4, -0.2) is 43.6 Å². The van der Waals surface area contributed by atoms with Crippen LogP contribution in [0.25, 0.3) is 0 Å². The van der Waals surface area contributed by atoms with E-state index in [-0.39, 0.29) is 37.0 Å². The van der Waals surface area contributed by atoms with Crippen LogP contribution in [-0.2, 0) is 30.3 Å². The van der Waals surface area contributed by atoms with Gasteiger partial charge in [-0.25, -0.2) is 0 Å². The number of benzene rings is 1. The number of epoxide rings is 1. The van der Waals surface area contributed by atoms with Gasteiger partial charge in [0.25, 0.3) is 0 Å². The molecule has 0 aromatic heterocycles. The predicted octanol–water partition coefficient (Wildman–Crippen LogP) is 1.46. The molecule has 6 atom stereocenters. The molecule has 20 heavy (non-hydrogen) atoms. The van der Waals surface area contributed by atoms with Crippen LogP contribution in [0, 0.1) is 0 Å². The molecular formula is C15H18O5. The van der Waals surface area contributed by atoms with Crippen LogP contribution in [0.15, 0.2) is 30.3 Å². The van der Waals surface area contributed by atoms with Crippen molar-refractivity contribution >= 4 is 0 Å². The summed E-state index contributed by atoms with van der Waals surface area (Å²) in [5.74, 6) is 0. The highest BCUT2D eigenvalue weighted by atomic mass is 16.8. The standard InChI is InChI=1S/C15H18O5/c1-9-16-8-11-12(18-9)13-14(20-13)15(19-11)17-7-10-5-3-2-4-6-10/h2-6,9,11-15H,7-8H2,1H3/t9?,11-,12-,13-,14-,15-/m1/s1. The molecule has 0 aliphatic carbocycles. The topological polar surface area (TPSA) is 49.5 Å². The summed E-state index contributed by atoms with van der Waals surface area (Å²) in [7, 11) is 0. The van der Waals surface area contributed by atoms with Crippen molar-refractivity contribution in [1.29, 1.82) is 0 Å². The average Bonchev–Trinajstić information content (AvgIpc) is 3.27. The van der Waals surface area contributed by atoms with Gasteiger partial charge in [0, 0.05) is 0 Å². The Hall–Kier alpha value is -0.980. The normalized spacial score (nSPS) is 42.6. The van der Waals surface area contributed by atoms with E-state index in [9.17, 15) is 0 Å². The molecule has 3 heterocycles. The zero-order chi connectivity index (χ0) is 13.5. The molecule has 5 heteroatoms. The van der Waals surface area contributed by atoms with Crippen molar-refractivity contribution in [3.05, 3.63) is 35.9 Å². The van der Waals surface area contributed by atoms with Gasteiger partial charge in [0.2, 0.25) is 0 Å². The van der Waals surface area contributed by atoms with E-state index in [2.05, 4.69) is 0 Å². The Bertz CT molecular complexity index is 465. The summed E-state index contributed by atoms with van der Waals surface area (Å²) < 4.78 is 28.6. The highest BCUT2D eigenvalue weighted by Gasteiger charge is 2.60. The molecule has 5 nitrogen and oxygen atoms in total. The fourth-order valence-electron chi connectivity index (χ4n) is 2.84. The Balaban J connectivity index is 1.37. The first-order chi connectivity index (χ1) is 9.81. The molecule has 1 unspecified atom stereocenters. The molecule has 3 saturated heterocycles. The highest BCUT2D eigenvalue weighted by molar-refractivity contribution is 5.13. The lowest BCUT2D eigenvalue weighted by Crippen LogP contribution is -2.53. The third kappa shape index (κ3) is 2.36. The summed E-state index contributed by atoms with van der Waals surface area (Å²) in [6.45, 7) is 2.95. The maximum absolute atomic E-state index is 5.92. The number of hydrogen-bond acceptors (Lipinski definition) is 5. The van der Waals surface area contributed by atoms with Crippen molar-refractivity contribution in [2.24, 2.45) is 0 Å². The van der Waals surface area contributed by atoms with E-state index < -0.39 is 0 Å². The van der Waals surface area contributed by atoms with Crippen LogP contribution >= 0.6 is 0 Å². The number of ether oxygens (including phenoxy) is 5. The molecule has 1 aromatic carbocycles. The van der Waals surface area contributed by atoms with Crippen LogP contribution < -0.4 is 0 Å². The van der Waals surface area contributed by atoms with Gasteiger partial charge in [0.05, 0.1) is 13.2 Å². The fraction of sp³-hybridized carbons (Fsp3) is 0.600. The van der Waals surface area contributed by atoms with Gasteiger partial charge < -0.3 is 23.7 Å². The third-order valence-electron chi connectivity index (χ3n) is 3.93. The second-order valence-electron chi connectivity index (χ2n) is 5.41. The van der Waals surface area contributed by atoms with E-state index in [4.69, 9.17) is 23.7 Å². The molecule has 0 spiro atoms. The fourth-order valence-corrected chi connectivity index (χ4v) is 2.84. The minimum Gasteiger partial charge on any atom is -0.361 e. The molecule has 1 aromatic rings. The van der Waals surface area contributed by atoms with E-state index in [1.165, 1.54) is 0 Å². The van der Waals surface area contributed by atoms with E-state index in [0.29, 0.717) is 13.2 Å². The molecular weight excluding hydrogens is 260 g/mol. The summed E-state index contributed by atoms with van der Waals surface area (Å²) >= 11 is 0. The number of hydrogen-bond donors (Lipinski definition) is 0. The summed E-state index contributed by atoms with van der Waals surface area (Å²) in [4.78, 5) is 0. The highest BCUT2D eigenvalue weighted by Crippen LogP contribution is 2.41. The van der Waals surface area contributed by atoms with Crippen molar-refractivity contribution in [3.63, 3.8) is 0 Å². The quantitative estimate of drug-likeness (QED) is 0.783. The van der Waals surface area contributed by atoms with Gasteiger partial charge in [0.1, 0.15) is 24.4 Å². The number of fused-ring (bicyclic) bond motifs is 3. The summed E-state index contributed by atoms with van der Waals surface area (Å²) in [5.41, 5.74) is 1.13. The molecule has 3 fully saturated rings. The minimum absolute atomic E-state index is 0.00902. The lowest BCUT2D eigenvalue weighted by atomic mass is 10.0. The molecule has 0 radical (unpaired) electrons. The third-order valence-corrected chi connectivity index (χ3v) is 3.93. The molecule has 0 N–H and O–H groups in total. The van der Waals surface area contributed by atoms with Gasteiger partial charge in [-0.1, -0.05) is 30.3 Å². The Morgan fingerprint density at radius 3 is 2.75 bits per heavy atom. The van der Waals surface area contributed by atoms with Crippen LogP contribution in [0.3, 0.4) is 0 Å². The second-order valence-corrected chi connectivity index (χ2v) is 5.41. The maximum Gasteiger partial charge on any atom is 0.187 e. The zero-order valence-corrected chi connectivity index (χ0v) is 11.3. The van der Waals surface area contributed by atoms with Crippen molar-refractivity contribution in [2.75, 3.05) is 6.61 Å². The van der Waals surface area contributed by atoms with E-state index in [0.717, 1.165) is 5.56 Å². The molecule has 3 aliphatic rings. The van der Waals surface area contributed by atoms with Gasteiger partial charge in [-0.2, -0.15) is 0 Å². The molecule has 3 aliphatic heterocycles. The van der Waals surface area contributed by atoms with Crippen LogP contribution in [0.5, 0.6) is 0 Å². The molecule has 108 valence electrons. The Kier molecular flexibility index (Phi) is 3.24. The van der Waals surface area contributed by atoms with E-state index >= 15 is 0 Å². The molecule has 0 amide bonds. The van der Waals surface area contributed by atoms with Crippen molar-refractivity contribution in [3.8, 4) is 0 Å². The van der Waals surface area contributed by atoms with Crippen molar-refractivity contribution in [1.82, 2.24) is 0 Å². The lowest BCUT2D eigenvalue weighted by molar-refractivity contribution is -0.300. The smallest absolute Gasteiger partial charge is 0.187 e. The van der Waals surface area contributed by atoms with Gasteiger partial charge in [-0.15, -0.1) is 0 Å². The van der Waals surface area contributed by atoms with E-state index in [1.807, 2.05) is 37.3 Å². The van der Waals surface area contributed by atoms with Crippen molar-refractivity contribution in [2.45, 2.75) is 50.5 Å². The van der Waals surface area contributed by atoms with Gasteiger partial charge in [-0.05, 0) is 12.5 Å². The monoisotopic (exact) mass is 278 g/mol. The Morgan fingerprint density at radius 2 is 1.90 bits per heavy atom. The first-order valence-electron chi connectivity index (χ1n) is 7.05. The van der Waals surface area contributed by atoms with Crippen LogP contribution in [0.4, 0.5) is 0 Å². The maximum atomic E-state index is 5.92. The summed E-state index contributed by atoms with van der Waals surface area (Å²) in [5, 5.41) is 0. The zero-order valence-electron chi connectivity index (χ0n) is 11.3. The minimum atomic E-state index is -0.331. The Morgan fingerprint density at radius 1 is 1.05 bits per heavy atom. The van der Waals surface area contributed by atoms with Gasteiger partial charge >= 0.3 is 0 Å². The van der Waals surface area contributed by atoms with Crippen LogP contribution in [0.1, 0.15) is 12.5 Å². The van der Waals surface area contributed by atoms with Crippen molar-refractivity contribution < 1.29 is 23.7 Å². The van der Waals surface area contributed by atoms with Gasteiger partial charge in [-0.3, -0.25) is 0 Å². The average molecular weight is 278 g/mol. The van der Waals surface area contributed by atoms with Crippen LogP contribution in [0.2, 0.25) is 0 Å². The molecule has 4 rings (SSSR count). The number of rotatable bonds is 3. The first kappa shape index (κ1) is 12.7. The lowest BCUT2D eigenvalue weighted by Gasteiger charge is -2.38. The summed E-state index contributed by atoms with van der Waals surface area (Å²) in [6.07, 6.45) is -0.573.